The van der Waals surface area contributed by atoms with Gasteiger partial charge < -0.3 is 9.32 Å². The number of benzene rings is 3. The molecule has 0 unspecified atom stereocenters. The van der Waals surface area contributed by atoms with Gasteiger partial charge in [0.1, 0.15) is 0 Å². The van der Waals surface area contributed by atoms with Crippen LogP contribution >= 0.6 is 0 Å². The van der Waals surface area contributed by atoms with Crippen LogP contribution in [0.15, 0.2) is 65.1 Å². The number of hydrogen-bond donors (Lipinski definition) is 0. The third kappa shape index (κ3) is 2.55. The van der Waals surface area contributed by atoms with Crippen LogP contribution in [0.4, 0.5) is 15.8 Å². The number of rotatable bonds is 2. The van der Waals surface area contributed by atoms with Crippen molar-refractivity contribution in [3.8, 4) is 0 Å². The highest BCUT2D eigenvalue weighted by Gasteiger charge is 2.22. The maximum absolute atomic E-state index is 14.2. The number of halogens is 1. The highest BCUT2D eigenvalue weighted by Crippen LogP contribution is 2.40. The van der Waals surface area contributed by atoms with Gasteiger partial charge in [0.2, 0.25) is 0 Å². The van der Waals surface area contributed by atoms with Gasteiger partial charge in [-0.3, -0.25) is 0 Å². The molecular formula is C23H22FNO. The summed E-state index contributed by atoms with van der Waals surface area (Å²) in [5, 5.41) is 1.73. The van der Waals surface area contributed by atoms with E-state index in [2.05, 4.69) is 43.9 Å². The van der Waals surface area contributed by atoms with E-state index >= 15 is 0 Å². The van der Waals surface area contributed by atoms with E-state index in [1.807, 2.05) is 37.4 Å². The van der Waals surface area contributed by atoms with Crippen LogP contribution < -0.4 is 4.90 Å². The zero-order chi connectivity index (χ0) is 18.5. The average Bonchev–Trinajstić information content (AvgIpc) is 3.01. The molecule has 2 nitrogen and oxygen atoms in total. The highest BCUT2D eigenvalue weighted by molar-refractivity contribution is 6.09. The van der Waals surface area contributed by atoms with Crippen LogP contribution in [0.25, 0.3) is 21.9 Å². The van der Waals surface area contributed by atoms with Crippen molar-refractivity contribution < 1.29 is 8.81 Å². The summed E-state index contributed by atoms with van der Waals surface area (Å²) in [7, 11) is 2.03. The lowest BCUT2D eigenvalue weighted by atomic mass is 9.85. The molecule has 3 aromatic carbocycles. The van der Waals surface area contributed by atoms with E-state index in [0.717, 1.165) is 22.1 Å². The van der Waals surface area contributed by atoms with Gasteiger partial charge in [0.25, 0.3) is 0 Å². The molecule has 0 radical (unpaired) electrons. The van der Waals surface area contributed by atoms with Crippen LogP contribution in [0.1, 0.15) is 26.3 Å². The number of anilines is 2. The van der Waals surface area contributed by atoms with Gasteiger partial charge in [-0.1, -0.05) is 63.2 Å². The second kappa shape index (κ2) is 5.87. The first-order valence-electron chi connectivity index (χ1n) is 8.81. The zero-order valence-electron chi connectivity index (χ0n) is 15.5. The molecule has 0 aliphatic heterocycles. The molecule has 0 aliphatic rings. The van der Waals surface area contributed by atoms with Crippen LogP contribution in [0, 0.1) is 5.82 Å². The molecule has 0 saturated carbocycles. The quantitative estimate of drug-likeness (QED) is 0.397. The molecule has 0 bridgehead atoms. The van der Waals surface area contributed by atoms with Gasteiger partial charge >= 0.3 is 0 Å². The Morgan fingerprint density at radius 2 is 1.38 bits per heavy atom. The summed E-state index contributed by atoms with van der Waals surface area (Å²) in [5.41, 5.74) is 4.33. The summed E-state index contributed by atoms with van der Waals surface area (Å²) < 4.78 is 20.2. The van der Waals surface area contributed by atoms with E-state index in [4.69, 9.17) is 4.42 Å². The Kier molecular flexibility index (Phi) is 3.76. The van der Waals surface area contributed by atoms with Crippen molar-refractivity contribution in [3.63, 3.8) is 0 Å². The third-order valence-corrected chi connectivity index (χ3v) is 4.89. The second-order valence-electron chi connectivity index (χ2n) is 7.70. The molecule has 132 valence electrons. The molecule has 4 rings (SSSR count). The molecule has 3 heteroatoms. The van der Waals surface area contributed by atoms with Crippen molar-refractivity contribution in [2.24, 2.45) is 0 Å². The molecule has 0 fully saturated rings. The lowest BCUT2D eigenvalue weighted by molar-refractivity contribution is 0.583. The summed E-state index contributed by atoms with van der Waals surface area (Å²) in [5.74, 6) is -0.331. The molecule has 26 heavy (non-hydrogen) atoms. The fourth-order valence-corrected chi connectivity index (χ4v) is 3.57. The summed E-state index contributed by atoms with van der Waals surface area (Å²) >= 11 is 0. The van der Waals surface area contributed by atoms with Gasteiger partial charge in [-0.15, -0.1) is 0 Å². The van der Waals surface area contributed by atoms with Crippen molar-refractivity contribution in [1.82, 2.24) is 0 Å². The van der Waals surface area contributed by atoms with Gasteiger partial charge in [0.15, 0.2) is 17.0 Å². The molecule has 4 aromatic rings. The van der Waals surface area contributed by atoms with E-state index < -0.39 is 0 Å². The van der Waals surface area contributed by atoms with Crippen molar-refractivity contribution in [2.75, 3.05) is 11.9 Å². The van der Waals surface area contributed by atoms with Gasteiger partial charge in [0.05, 0.1) is 5.69 Å². The third-order valence-electron chi connectivity index (χ3n) is 4.89. The Morgan fingerprint density at radius 1 is 0.769 bits per heavy atom. The number of furan rings is 1. The summed E-state index contributed by atoms with van der Waals surface area (Å²) in [4.78, 5) is 2.13. The SMILES string of the molecule is CN(c1ccccc1C(C)(C)C)c1cccc2c1oc1c(F)cccc12. The lowest BCUT2D eigenvalue weighted by Gasteiger charge is -2.29. The van der Waals surface area contributed by atoms with E-state index in [1.54, 1.807) is 6.07 Å². The molecule has 0 saturated heterocycles. The summed E-state index contributed by atoms with van der Waals surface area (Å²) in [6, 6.07) is 19.4. The minimum atomic E-state index is -0.331. The first-order valence-corrected chi connectivity index (χ1v) is 8.81. The second-order valence-corrected chi connectivity index (χ2v) is 7.70. The number of hydrogen-bond acceptors (Lipinski definition) is 2. The first kappa shape index (κ1) is 16.6. The molecule has 1 aromatic heterocycles. The van der Waals surface area contributed by atoms with Crippen LogP contribution in [-0.4, -0.2) is 7.05 Å². The Hall–Kier alpha value is -2.81. The topological polar surface area (TPSA) is 16.4 Å². The Morgan fingerprint density at radius 3 is 2.12 bits per heavy atom. The highest BCUT2D eigenvalue weighted by atomic mass is 19.1. The van der Waals surface area contributed by atoms with Crippen molar-refractivity contribution >= 4 is 33.3 Å². The fourth-order valence-electron chi connectivity index (χ4n) is 3.57. The number of para-hydroxylation sites is 3. The molecule has 1 heterocycles. The molecule has 0 aliphatic carbocycles. The van der Waals surface area contributed by atoms with Gasteiger partial charge in [-0.05, 0) is 29.2 Å². The van der Waals surface area contributed by atoms with Gasteiger partial charge in [-0.2, -0.15) is 0 Å². The van der Waals surface area contributed by atoms with Crippen molar-refractivity contribution in [3.05, 3.63) is 72.0 Å². The maximum Gasteiger partial charge on any atom is 0.171 e. The maximum atomic E-state index is 14.2. The standard InChI is InChI=1S/C23H22FNO/c1-23(2,3)17-11-5-6-13-19(17)25(4)20-14-8-10-16-15-9-7-12-18(24)21(15)26-22(16)20/h5-14H,1-4H3. The summed E-state index contributed by atoms with van der Waals surface area (Å²) in [6.45, 7) is 6.62. The fraction of sp³-hybridized carbons (Fsp3) is 0.217. The zero-order valence-corrected chi connectivity index (χ0v) is 15.5. The normalized spacial score (nSPS) is 12.0. The molecule has 0 spiro atoms. The number of nitrogens with zero attached hydrogens (tertiary/aromatic N) is 1. The smallest absolute Gasteiger partial charge is 0.171 e. The Labute approximate surface area is 152 Å². The largest absolute Gasteiger partial charge is 0.451 e. The van der Waals surface area contributed by atoms with Crippen molar-refractivity contribution in [2.45, 2.75) is 26.2 Å². The van der Waals surface area contributed by atoms with Crippen LogP contribution in [0.3, 0.4) is 0 Å². The van der Waals surface area contributed by atoms with Crippen LogP contribution in [0.5, 0.6) is 0 Å². The minimum absolute atomic E-state index is 0.0126. The van der Waals surface area contributed by atoms with Crippen LogP contribution in [-0.2, 0) is 5.41 Å². The monoisotopic (exact) mass is 347 g/mol. The predicted molar refractivity (Wildman–Crippen MR) is 107 cm³/mol. The van der Waals surface area contributed by atoms with E-state index in [-0.39, 0.29) is 11.2 Å². The van der Waals surface area contributed by atoms with Gasteiger partial charge in [-0.25, -0.2) is 4.39 Å². The predicted octanol–water partition coefficient (Wildman–Crippen LogP) is 6.79. The Balaban J connectivity index is 1.96. The van der Waals surface area contributed by atoms with E-state index in [9.17, 15) is 4.39 Å². The number of fused-ring (bicyclic) bond motifs is 3. The van der Waals surface area contributed by atoms with Crippen LogP contribution in [0.2, 0.25) is 0 Å². The first-order chi connectivity index (χ1) is 12.4. The Bertz CT molecular complexity index is 1100. The summed E-state index contributed by atoms with van der Waals surface area (Å²) in [6.07, 6.45) is 0. The van der Waals surface area contributed by atoms with E-state index in [0.29, 0.717) is 11.2 Å². The van der Waals surface area contributed by atoms with Gasteiger partial charge in [0, 0.05) is 23.5 Å². The minimum Gasteiger partial charge on any atom is -0.451 e. The lowest BCUT2D eigenvalue weighted by Crippen LogP contribution is -2.19. The molecule has 0 amide bonds. The molecule has 0 atom stereocenters. The molecule has 0 N–H and O–H groups in total. The van der Waals surface area contributed by atoms with E-state index in [1.165, 1.54) is 11.6 Å². The van der Waals surface area contributed by atoms with Crippen molar-refractivity contribution in [1.29, 1.82) is 0 Å². The molecular weight excluding hydrogens is 325 g/mol. The average molecular weight is 347 g/mol.